The third-order valence-electron chi connectivity index (χ3n) is 5.25. The molecule has 3 N–H and O–H groups in total. The topological polar surface area (TPSA) is 95.4 Å². The van der Waals surface area contributed by atoms with Gasteiger partial charge in [-0.3, -0.25) is 0 Å². The number of nitrogens with zero attached hydrogens (tertiary/aromatic N) is 3. The number of ether oxygens (including phenoxy) is 2. The summed E-state index contributed by atoms with van der Waals surface area (Å²) in [6.45, 7) is -0.0444. The maximum atomic E-state index is 10.2. The number of aliphatic hydroxyl groups is 1. The van der Waals surface area contributed by atoms with Gasteiger partial charge in [-0.1, -0.05) is 24.3 Å². The summed E-state index contributed by atoms with van der Waals surface area (Å²) in [7, 11) is 3.28. The fraction of sp³-hybridized carbons (Fsp3) is 0.217. The minimum absolute atomic E-state index is 0.0444. The zero-order valence-electron chi connectivity index (χ0n) is 16.9. The molecule has 0 bridgehead atoms. The van der Waals surface area contributed by atoms with Crippen LogP contribution in [0.4, 0.5) is 5.82 Å². The number of rotatable bonds is 7. The van der Waals surface area contributed by atoms with Gasteiger partial charge in [0.25, 0.3) is 0 Å². The third kappa shape index (κ3) is 3.67. The Balaban J connectivity index is 1.80. The lowest BCUT2D eigenvalue weighted by Gasteiger charge is -2.17. The number of fused-ring (bicyclic) bond motifs is 1. The highest BCUT2D eigenvalue weighted by Gasteiger charge is 2.20. The van der Waals surface area contributed by atoms with E-state index in [4.69, 9.17) is 15.2 Å². The summed E-state index contributed by atoms with van der Waals surface area (Å²) < 4.78 is 12.6. The van der Waals surface area contributed by atoms with E-state index in [1.165, 1.54) is 6.33 Å². The highest BCUT2D eigenvalue weighted by molar-refractivity contribution is 6.00. The van der Waals surface area contributed by atoms with E-state index in [9.17, 15) is 5.11 Å². The van der Waals surface area contributed by atoms with Crippen LogP contribution in [0.5, 0.6) is 11.5 Å². The average molecular weight is 404 g/mol. The summed E-state index contributed by atoms with van der Waals surface area (Å²) in [5.74, 6) is 1.95. The van der Waals surface area contributed by atoms with Gasteiger partial charge < -0.3 is 24.9 Å². The van der Waals surface area contributed by atoms with Gasteiger partial charge >= 0.3 is 0 Å². The molecule has 0 saturated carbocycles. The van der Waals surface area contributed by atoms with Crippen LogP contribution in [-0.2, 0) is 6.42 Å². The number of aliphatic hydroxyl groups excluding tert-OH is 1. The van der Waals surface area contributed by atoms with Gasteiger partial charge in [0.1, 0.15) is 29.3 Å². The number of hydrogen-bond donors (Lipinski definition) is 2. The Morgan fingerprint density at radius 1 is 1.03 bits per heavy atom. The normalized spacial score (nSPS) is 12.1. The molecule has 7 nitrogen and oxygen atoms in total. The van der Waals surface area contributed by atoms with Crippen molar-refractivity contribution in [3.63, 3.8) is 0 Å². The SMILES string of the molecule is COc1ccc(C[C@H](CO)n2cc(-c3cccc(OC)c3)c3c(N)ncnc32)cc1. The van der Waals surface area contributed by atoms with Crippen LogP contribution in [-0.4, -0.2) is 40.5 Å². The molecule has 0 fully saturated rings. The molecule has 0 unspecified atom stereocenters. The van der Waals surface area contributed by atoms with E-state index in [0.29, 0.717) is 17.9 Å². The first-order valence-corrected chi connectivity index (χ1v) is 9.63. The van der Waals surface area contributed by atoms with E-state index in [2.05, 4.69) is 9.97 Å². The number of benzene rings is 2. The Hall–Kier alpha value is -3.58. The number of nitrogens with two attached hydrogens (primary N) is 1. The number of anilines is 1. The highest BCUT2D eigenvalue weighted by Crippen LogP contribution is 2.36. The van der Waals surface area contributed by atoms with Crippen molar-refractivity contribution < 1.29 is 14.6 Å². The molecule has 0 amide bonds. The molecule has 4 rings (SSSR count). The number of aromatic nitrogens is 3. The number of hydrogen-bond acceptors (Lipinski definition) is 6. The van der Waals surface area contributed by atoms with Crippen molar-refractivity contribution in [2.45, 2.75) is 12.5 Å². The molecule has 0 spiro atoms. The van der Waals surface area contributed by atoms with Crippen molar-refractivity contribution in [1.82, 2.24) is 14.5 Å². The lowest BCUT2D eigenvalue weighted by Crippen LogP contribution is -2.16. The van der Waals surface area contributed by atoms with Crippen molar-refractivity contribution in [3.8, 4) is 22.6 Å². The summed E-state index contributed by atoms with van der Waals surface area (Å²) in [6.07, 6.45) is 4.06. The van der Waals surface area contributed by atoms with Crippen LogP contribution in [0.3, 0.4) is 0 Å². The van der Waals surface area contributed by atoms with E-state index >= 15 is 0 Å². The van der Waals surface area contributed by atoms with Crippen LogP contribution in [0.1, 0.15) is 11.6 Å². The first-order valence-electron chi connectivity index (χ1n) is 9.63. The molecule has 2 heterocycles. The fourth-order valence-corrected chi connectivity index (χ4v) is 3.68. The molecular weight excluding hydrogens is 380 g/mol. The molecule has 0 saturated heterocycles. The molecule has 7 heteroatoms. The van der Waals surface area contributed by atoms with Crippen molar-refractivity contribution in [3.05, 3.63) is 66.6 Å². The standard InChI is InChI=1S/C23H24N4O3/c1-29-18-8-6-15(7-9-18)10-17(13-28)27-12-20(16-4-3-5-19(11-16)30-2)21-22(24)25-14-26-23(21)27/h3-9,11-12,14,17,28H,10,13H2,1-2H3,(H2,24,25,26)/t17-/m1/s1. The van der Waals surface area contributed by atoms with Crippen molar-refractivity contribution in [1.29, 1.82) is 0 Å². The summed E-state index contributed by atoms with van der Waals surface area (Å²) in [4.78, 5) is 8.66. The van der Waals surface area contributed by atoms with Crippen LogP contribution >= 0.6 is 0 Å². The molecule has 0 aliphatic rings. The van der Waals surface area contributed by atoms with Crippen molar-refractivity contribution in [2.75, 3.05) is 26.6 Å². The second kappa shape index (κ2) is 8.42. The van der Waals surface area contributed by atoms with Gasteiger partial charge in [0, 0.05) is 11.8 Å². The Labute approximate surface area is 174 Å². The molecular formula is C23H24N4O3. The third-order valence-corrected chi connectivity index (χ3v) is 5.25. The summed E-state index contributed by atoms with van der Waals surface area (Å²) in [5.41, 5.74) is 9.85. The molecule has 30 heavy (non-hydrogen) atoms. The lowest BCUT2D eigenvalue weighted by molar-refractivity contribution is 0.230. The number of nitrogen functional groups attached to an aromatic ring is 1. The van der Waals surface area contributed by atoms with Gasteiger partial charge in [0.15, 0.2) is 0 Å². The summed E-state index contributed by atoms with van der Waals surface area (Å²) in [6, 6.07) is 15.4. The van der Waals surface area contributed by atoms with Crippen LogP contribution in [0, 0.1) is 0 Å². The Morgan fingerprint density at radius 3 is 2.50 bits per heavy atom. The number of methoxy groups -OCH3 is 2. The molecule has 2 aromatic carbocycles. The highest BCUT2D eigenvalue weighted by atomic mass is 16.5. The summed E-state index contributed by atoms with van der Waals surface area (Å²) in [5, 5.41) is 11.0. The van der Waals surface area contributed by atoms with Crippen molar-refractivity contribution in [2.24, 2.45) is 0 Å². The van der Waals surface area contributed by atoms with Crippen molar-refractivity contribution >= 4 is 16.9 Å². The van der Waals surface area contributed by atoms with Gasteiger partial charge in [-0.2, -0.15) is 0 Å². The lowest BCUT2D eigenvalue weighted by atomic mass is 10.1. The predicted molar refractivity (Wildman–Crippen MR) is 117 cm³/mol. The molecule has 0 aliphatic heterocycles. The van der Waals surface area contributed by atoms with E-state index in [1.54, 1.807) is 14.2 Å². The van der Waals surface area contributed by atoms with E-state index < -0.39 is 0 Å². The summed E-state index contributed by atoms with van der Waals surface area (Å²) >= 11 is 0. The molecule has 154 valence electrons. The van der Waals surface area contributed by atoms with E-state index in [0.717, 1.165) is 33.6 Å². The van der Waals surface area contributed by atoms with E-state index in [1.807, 2.05) is 59.3 Å². The zero-order chi connectivity index (χ0) is 21.1. The maximum Gasteiger partial charge on any atom is 0.146 e. The monoisotopic (exact) mass is 404 g/mol. The molecule has 0 radical (unpaired) electrons. The van der Waals surface area contributed by atoms with Crippen LogP contribution in [0.15, 0.2) is 61.1 Å². The molecule has 4 aromatic rings. The first-order chi connectivity index (χ1) is 14.6. The predicted octanol–water partition coefficient (Wildman–Crippen LogP) is 3.47. The largest absolute Gasteiger partial charge is 0.497 e. The van der Waals surface area contributed by atoms with Crippen LogP contribution in [0.2, 0.25) is 0 Å². The van der Waals surface area contributed by atoms with Gasteiger partial charge in [-0.15, -0.1) is 0 Å². The average Bonchev–Trinajstić information content (AvgIpc) is 3.19. The maximum absolute atomic E-state index is 10.2. The fourth-order valence-electron chi connectivity index (χ4n) is 3.68. The molecule has 1 atom stereocenters. The zero-order valence-corrected chi connectivity index (χ0v) is 16.9. The second-order valence-electron chi connectivity index (χ2n) is 7.03. The minimum atomic E-state index is -0.213. The van der Waals surface area contributed by atoms with Crippen LogP contribution < -0.4 is 15.2 Å². The molecule has 2 aromatic heterocycles. The van der Waals surface area contributed by atoms with Gasteiger partial charge in [-0.05, 0) is 41.8 Å². The van der Waals surface area contributed by atoms with E-state index in [-0.39, 0.29) is 12.6 Å². The minimum Gasteiger partial charge on any atom is -0.497 e. The Kier molecular flexibility index (Phi) is 5.54. The Bertz CT molecular complexity index is 1160. The smallest absolute Gasteiger partial charge is 0.146 e. The Morgan fingerprint density at radius 2 is 1.80 bits per heavy atom. The van der Waals surface area contributed by atoms with Gasteiger partial charge in [-0.25, -0.2) is 9.97 Å². The second-order valence-corrected chi connectivity index (χ2v) is 7.03. The van der Waals surface area contributed by atoms with Gasteiger partial charge in [0.05, 0.1) is 32.3 Å². The van der Waals surface area contributed by atoms with Gasteiger partial charge in [0.2, 0.25) is 0 Å². The quantitative estimate of drug-likeness (QED) is 0.490. The first kappa shape index (κ1) is 19.7. The van der Waals surface area contributed by atoms with Crippen LogP contribution in [0.25, 0.3) is 22.2 Å². The molecule has 0 aliphatic carbocycles.